The molecule has 4 heteroatoms. The Morgan fingerprint density at radius 3 is 2.60 bits per heavy atom. The smallest absolute Gasteiger partial charge is 0.223 e. The molecule has 2 rings (SSSR count). The minimum atomic E-state index is 0.282. The van der Waals surface area contributed by atoms with Crippen LogP contribution in [0.25, 0.3) is 0 Å². The lowest BCUT2D eigenvalue weighted by Crippen LogP contribution is -2.28. The van der Waals surface area contributed by atoms with Crippen molar-refractivity contribution < 1.29 is 9.53 Å². The van der Waals surface area contributed by atoms with Gasteiger partial charge in [-0.25, -0.2) is 0 Å². The molecule has 1 heterocycles. The first-order valence-corrected chi connectivity index (χ1v) is 7.16. The maximum Gasteiger partial charge on any atom is 0.223 e. The molecule has 0 aliphatic carbocycles. The van der Waals surface area contributed by atoms with Crippen LogP contribution in [-0.2, 0) is 4.79 Å². The Labute approximate surface area is 121 Å². The van der Waals surface area contributed by atoms with Crippen LogP contribution < -0.4 is 4.74 Å². The molecule has 4 nitrogen and oxygen atoms in total. The first-order chi connectivity index (χ1) is 9.60. The van der Waals surface area contributed by atoms with Crippen LogP contribution >= 0.6 is 0 Å². The summed E-state index contributed by atoms with van der Waals surface area (Å²) in [6.07, 6.45) is 1.67. The Kier molecular flexibility index (Phi) is 5.01. The molecule has 1 amide bonds. The first kappa shape index (κ1) is 14.9. The third-order valence-electron chi connectivity index (χ3n) is 3.84. The lowest BCUT2D eigenvalue weighted by Gasteiger charge is -2.18. The van der Waals surface area contributed by atoms with Gasteiger partial charge in [-0.15, -0.1) is 0 Å². The van der Waals surface area contributed by atoms with Gasteiger partial charge in [-0.1, -0.05) is 12.1 Å². The largest absolute Gasteiger partial charge is 0.497 e. The van der Waals surface area contributed by atoms with Crippen LogP contribution in [0.2, 0.25) is 0 Å². The second-order valence-electron chi connectivity index (χ2n) is 5.67. The Balaban J connectivity index is 1.90. The zero-order chi connectivity index (χ0) is 14.5. The van der Waals surface area contributed by atoms with Crippen LogP contribution in [0.4, 0.5) is 0 Å². The highest BCUT2D eigenvalue weighted by molar-refractivity contribution is 5.79. The Hall–Kier alpha value is -1.55. The van der Waals surface area contributed by atoms with Crippen molar-refractivity contribution in [3.8, 4) is 5.75 Å². The van der Waals surface area contributed by atoms with E-state index in [2.05, 4.69) is 31.1 Å². The third-order valence-corrected chi connectivity index (χ3v) is 3.84. The topological polar surface area (TPSA) is 32.8 Å². The third kappa shape index (κ3) is 3.73. The van der Waals surface area contributed by atoms with E-state index < -0.39 is 0 Å². The molecule has 20 heavy (non-hydrogen) atoms. The molecule has 0 bridgehead atoms. The van der Waals surface area contributed by atoms with Crippen molar-refractivity contribution in [2.24, 2.45) is 0 Å². The monoisotopic (exact) mass is 276 g/mol. The summed E-state index contributed by atoms with van der Waals surface area (Å²) in [5.41, 5.74) is 1.23. The molecule has 1 atom stereocenters. The van der Waals surface area contributed by atoms with Crippen molar-refractivity contribution in [1.29, 1.82) is 0 Å². The second-order valence-corrected chi connectivity index (χ2v) is 5.67. The highest BCUT2D eigenvalue weighted by atomic mass is 16.5. The zero-order valence-electron chi connectivity index (χ0n) is 12.6. The first-order valence-electron chi connectivity index (χ1n) is 7.16. The molecule has 1 aromatic rings. The molecule has 0 spiro atoms. The number of hydrogen-bond acceptors (Lipinski definition) is 3. The normalized spacial score (nSPS) is 18.9. The number of benzene rings is 1. The number of carbonyl (C=O) groups is 1. The minimum Gasteiger partial charge on any atom is -0.497 e. The maximum atomic E-state index is 12.0. The standard InChI is InChI=1S/C16H24N2O2/c1-17(2)9-4-10-18-12-14(11-16(18)19)13-5-7-15(20-3)8-6-13/h5-8,14H,4,9-12H2,1-3H3/t14-/m1/s1. The number of rotatable bonds is 6. The fraction of sp³-hybridized carbons (Fsp3) is 0.562. The molecule has 1 aliphatic heterocycles. The van der Waals surface area contributed by atoms with Gasteiger partial charge in [-0.2, -0.15) is 0 Å². The molecule has 0 radical (unpaired) electrons. The van der Waals surface area contributed by atoms with Gasteiger partial charge < -0.3 is 14.5 Å². The van der Waals surface area contributed by atoms with Gasteiger partial charge in [0.05, 0.1) is 7.11 Å². The van der Waals surface area contributed by atoms with E-state index in [1.807, 2.05) is 17.0 Å². The zero-order valence-corrected chi connectivity index (χ0v) is 12.6. The Morgan fingerprint density at radius 2 is 2.00 bits per heavy atom. The molecule has 0 unspecified atom stereocenters. The molecule has 110 valence electrons. The van der Waals surface area contributed by atoms with Gasteiger partial charge in [0.15, 0.2) is 0 Å². The van der Waals surface area contributed by atoms with E-state index in [9.17, 15) is 4.79 Å². The highest BCUT2D eigenvalue weighted by Crippen LogP contribution is 2.29. The number of likely N-dealkylation sites (tertiary alicyclic amines) is 1. The predicted octanol–water partition coefficient (Wildman–Crippen LogP) is 1.96. The second kappa shape index (κ2) is 6.75. The summed E-state index contributed by atoms with van der Waals surface area (Å²) < 4.78 is 5.17. The van der Waals surface area contributed by atoms with Crippen molar-refractivity contribution in [3.05, 3.63) is 29.8 Å². The molecule has 1 aliphatic rings. The molecule has 1 aromatic carbocycles. The van der Waals surface area contributed by atoms with Gasteiger partial charge in [0.2, 0.25) is 5.91 Å². The number of carbonyl (C=O) groups excluding carboxylic acids is 1. The summed E-state index contributed by atoms with van der Waals surface area (Å²) in [6, 6.07) is 8.07. The summed E-state index contributed by atoms with van der Waals surface area (Å²) in [6.45, 7) is 2.74. The summed E-state index contributed by atoms with van der Waals surface area (Å²) in [5, 5.41) is 0. The number of methoxy groups -OCH3 is 1. The molecule has 1 fully saturated rings. The number of hydrogen-bond donors (Lipinski definition) is 0. The van der Waals surface area contributed by atoms with Crippen LogP contribution in [0.3, 0.4) is 0 Å². The molecule has 0 N–H and O–H groups in total. The van der Waals surface area contributed by atoms with E-state index in [0.29, 0.717) is 12.3 Å². The minimum absolute atomic E-state index is 0.282. The number of amides is 1. The molecule has 0 aromatic heterocycles. The quantitative estimate of drug-likeness (QED) is 0.796. The lowest BCUT2D eigenvalue weighted by atomic mass is 9.98. The fourth-order valence-corrected chi connectivity index (χ4v) is 2.67. The number of nitrogens with zero attached hydrogens (tertiary/aromatic N) is 2. The summed E-state index contributed by atoms with van der Waals surface area (Å²) >= 11 is 0. The van der Waals surface area contributed by atoms with Crippen molar-refractivity contribution in [2.45, 2.75) is 18.8 Å². The van der Waals surface area contributed by atoms with E-state index in [1.165, 1.54) is 5.56 Å². The Morgan fingerprint density at radius 1 is 1.30 bits per heavy atom. The van der Waals surface area contributed by atoms with Gasteiger partial charge >= 0.3 is 0 Å². The average Bonchev–Trinajstić information content (AvgIpc) is 2.80. The van der Waals surface area contributed by atoms with Crippen LogP contribution in [0.5, 0.6) is 5.75 Å². The van der Waals surface area contributed by atoms with E-state index >= 15 is 0 Å². The van der Waals surface area contributed by atoms with Gasteiger partial charge in [-0.3, -0.25) is 4.79 Å². The van der Waals surface area contributed by atoms with E-state index in [-0.39, 0.29) is 5.91 Å². The van der Waals surface area contributed by atoms with E-state index in [0.717, 1.165) is 31.8 Å². The van der Waals surface area contributed by atoms with Crippen LogP contribution in [-0.4, -0.2) is 56.5 Å². The van der Waals surface area contributed by atoms with Crippen LogP contribution in [0, 0.1) is 0 Å². The molecule has 1 saturated heterocycles. The summed E-state index contributed by atoms with van der Waals surface area (Å²) in [4.78, 5) is 16.2. The molecule has 0 saturated carbocycles. The van der Waals surface area contributed by atoms with Crippen LogP contribution in [0.15, 0.2) is 24.3 Å². The SMILES string of the molecule is COc1ccc([C@@H]2CC(=O)N(CCCN(C)C)C2)cc1. The van der Waals surface area contributed by atoms with Crippen molar-refractivity contribution >= 4 is 5.91 Å². The molecular formula is C16H24N2O2. The van der Waals surface area contributed by atoms with Crippen LogP contribution in [0.1, 0.15) is 24.3 Å². The van der Waals surface area contributed by atoms with Crippen molar-refractivity contribution in [2.75, 3.05) is 40.8 Å². The van der Waals surface area contributed by atoms with Gasteiger partial charge in [0, 0.05) is 25.4 Å². The summed E-state index contributed by atoms with van der Waals surface area (Å²) in [5.74, 6) is 1.47. The van der Waals surface area contributed by atoms with E-state index in [1.54, 1.807) is 7.11 Å². The van der Waals surface area contributed by atoms with E-state index in [4.69, 9.17) is 4.74 Å². The number of ether oxygens (including phenoxy) is 1. The fourth-order valence-electron chi connectivity index (χ4n) is 2.67. The Bertz CT molecular complexity index is 442. The highest BCUT2D eigenvalue weighted by Gasteiger charge is 2.30. The van der Waals surface area contributed by atoms with Crippen molar-refractivity contribution in [3.63, 3.8) is 0 Å². The molecular weight excluding hydrogens is 252 g/mol. The van der Waals surface area contributed by atoms with Gasteiger partial charge in [0.25, 0.3) is 0 Å². The van der Waals surface area contributed by atoms with Crippen molar-refractivity contribution in [1.82, 2.24) is 9.80 Å². The maximum absolute atomic E-state index is 12.0. The predicted molar refractivity (Wildman–Crippen MR) is 80.1 cm³/mol. The lowest BCUT2D eigenvalue weighted by molar-refractivity contribution is -0.127. The van der Waals surface area contributed by atoms with Gasteiger partial charge in [-0.05, 0) is 44.8 Å². The van der Waals surface area contributed by atoms with Gasteiger partial charge in [0.1, 0.15) is 5.75 Å². The summed E-state index contributed by atoms with van der Waals surface area (Å²) in [7, 11) is 5.79. The average molecular weight is 276 g/mol.